The van der Waals surface area contributed by atoms with Gasteiger partial charge in [-0.3, -0.25) is 19.6 Å². The van der Waals surface area contributed by atoms with Crippen molar-refractivity contribution in [2.24, 2.45) is 0 Å². The first kappa shape index (κ1) is 31.1. The number of thiophene rings is 1. The Morgan fingerprint density at radius 1 is 0.933 bits per heavy atom. The highest BCUT2D eigenvalue weighted by Crippen LogP contribution is 2.30. The van der Waals surface area contributed by atoms with E-state index >= 15 is 0 Å². The van der Waals surface area contributed by atoms with Crippen LogP contribution >= 0.6 is 22.9 Å². The summed E-state index contributed by atoms with van der Waals surface area (Å²) in [5.74, 6) is -0.436. The van der Waals surface area contributed by atoms with Gasteiger partial charge in [0.25, 0.3) is 10.0 Å². The SMILES string of the molecule is O=C(N[C@H](Cc1ccc(Cl)cc1)C(=O)N1CCN(c2ccccc2NS(=O)(=O)c2cccs2)CC1)C1N[CH]Cc2ccccc21. The molecule has 3 heterocycles. The lowest BCUT2D eigenvalue weighted by atomic mass is 9.93. The number of carbonyl (C=O) groups excluding carboxylic acids is 2. The van der Waals surface area contributed by atoms with Gasteiger partial charge >= 0.3 is 0 Å². The molecular formula is C33H33ClN5O4S2. The molecule has 233 valence electrons. The van der Waals surface area contributed by atoms with E-state index < -0.39 is 22.1 Å². The first-order chi connectivity index (χ1) is 21.8. The second-order valence-electron chi connectivity index (χ2n) is 11.0. The average molecular weight is 663 g/mol. The Balaban J connectivity index is 1.16. The van der Waals surface area contributed by atoms with Crippen LogP contribution in [-0.2, 0) is 32.5 Å². The van der Waals surface area contributed by atoms with E-state index in [2.05, 4.69) is 20.3 Å². The third-order valence-corrected chi connectivity index (χ3v) is 11.1. The van der Waals surface area contributed by atoms with Crippen LogP contribution in [-0.4, -0.2) is 57.4 Å². The van der Waals surface area contributed by atoms with Crippen LogP contribution in [0.1, 0.15) is 22.7 Å². The van der Waals surface area contributed by atoms with Crippen molar-refractivity contribution in [1.82, 2.24) is 15.5 Å². The summed E-state index contributed by atoms with van der Waals surface area (Å²) in [7, 11) is -3.72. The molecule has 4 aromatic rings. The number of hydrogen-bond donors (Lipinski definition) is 3. The van der Waals surface area contributed by atoms with Crippen LogP contribution in [0.2, 0.25) is 5.02 Å². The van der Waals surface area contributed by atoms with Gasteiger partial charge in [-0.15, -0.1) is 11.3 Å². The summed E-state index contributed by atoms with van der Waals surface area (Å²) >= 11 is 7.26. The molecule has 6 rings (SSSR count). The van der Waals surface area contributed by atoms with Crippen LogP contribution in [0.3, 0.4) is 0 Å². The second kappa shape index (κ2) is 13.6. The number of sulfonamides is 1. The van der Waals surface area contributed by atoms with Crippen molar-refractivity contribution >= 4 is 56.2 Å². The van der Waals surface area contributed by atoms with E-state index in [1.807, 2.05) is 55.1 Å². The first-order valence-corrected chi connectivity index (χ1v) is 17.4. The number of rotatable bonds is 9. The molecule has 0 bridgehead atoms. The highest BCUT2D eigenvalue weighted by Gasteiger charge is 2.33. The van der Waals surface area contributed by atoms with Gasteiger partial charge in [-0.1, -0.05) is 66.2 Å². The van der Waals surface area contributed by atoms with Crippen molar-refractivity contribution in [2.45, 2.75) is 29.1 Å². The van der Waals surface area contributed by atoms with Crippen LogP contribution < -0.4 is 20.3 Å². The van der Waals surface area contributed by atoms with Gasteiger partial charge in [-0.2, -0.15) is 0 Å². The molecule has 9 nitrogen and oxygen atoms in total. The number of nitrogens with zero attached hydrogens (tertiary/aromatic N) is 2. The summed E-state index contributed by atoms with van der Waals surface area (Å²) in [5, 5.41) is 8.55. The molecule has 1 saturated heterocycles. The van der Waals surface area contributed by atoms with Crippen molar-refractivity contribution in [3.05, 3.63) is 119 Å². The first-order valence-electron chi connectivity index (χ1n) is 14.7. The predicted octanol–water partition coefficient (Wildman–Crippen LogP) is 4.63. The highest BCUT2D eigenvalue weighted by atomic mass is 35.5. The number of piperazine rings is 1. The Morgan fingerprint density at radius 3 is 2.42 bits per heavy atom. The normalized spacial score (nSPS) is 17.3. The number of hydrogen-bond acceptors (Lipinski definition) is 7. The minimum Gasteiger partial charge on any atom is -0.366 e. The lowest BCUT2D eigenvalue weighted by Gasteiger charge is -2.38. The largest absolute Gasteiger partial charge is 0.366 e. The van der Waals surface area contributed by atoms with Crippen molar-refractivity contribution < 1.29 is 18.0 Å². The molecular weight excluding hydrogens is 630 g/mol. The van der Waals surface area contributed by atoms with Crippen molar-refractivity contribution in [2.75, 3.05) is 35.8 Å². The zero-order valence-corrected chi connectivity index (χ0v) is 26.7. The quantitative estimate of drug-likeness (QED) is 0.241. The molecule has 1 fully saturated rings. The molecule has 45 heavy (non-hydrogen) atoms. The molecule has 3 aromatic carbocycles. The van der Waals surface area contributed by atoms with Crippen LogP contribution in [0, 0.1) is 6.54 Å². The number of nitrogens with one attached hydrogen (secondary N) is 3. The molecule has 0 spiro atoms. The molecule has 1 radical (unpaired) electrons. The number of carbonyl (C=O) groups is 2. The summed E-state index contributed by atoms with van der Waals surface area (Å²) in [6, 6.07) is 24.2. The number of para-hydroxylation sites is 2. The summed E-state index contributed by atoms with van der Waals surface area (Å²) in [6.45, 7) is 3.70. The molecule has 3 N–H and O–H groups in total. The minimum absolute atomic E-state index is 0.169. The van der Waals surface area contributed by atoms with Crippen molar-refractivity contribution in [3.63, 3.8) is 0 Å². The van der Waals surface area contributed by atoms with Crippen LogP contribution in [0.15, 0.2) is 94.5 Å². The Morgan fingerprint density at radius 2 is 1.67 bits per heavy atom. The lowest BCUT2D eigenvalue weighted by molar-refractivity contribution is -0.137. The van der Waals surface area contributed by atoms with Gasteiger partial charge in [-0.25, -0.2) is 8.42 Å². The Hall–Kier alpha value is -3.90. The van der Waals surface area contributed by atoms with Crippen molar-refractivity contribution in [1.29, 1.82) is 0 Å². The van der Waals surface area contributed by atoms with E-state index in [1.54, 1.807) is 46.7 Å². The molecule has 2 aliphatic rings. The number of halogens is 1. The van der Waals surface area contributed by atoms with Gasteiger partial charge in [0.15, 0.2) is 0 Å². The predicted molar refractivity (Wildman–Crippen MR) is 178 cm³/mol. The van der Waals surface area contributed by atoms with E-state index in [0.29, 0.717) is 43.3 Å². The molecule has 0 saturated carbocycles. The minimum atomic E-state index is -3.72. The van der Waals surface area contributed by atoms with E-state index in [9.17, 15) is 18.0 Å². The monoisotopic (exact) mass is 662 g/mol. The van der Waals surface area contributed by atoms with E-state index in [-0.39, 0.29) is 16.0 Å². The van der Waals surface area contributed by atoms with Gasteiger partial charge in [0.2, 0.25) is 11.8 Å². The maximum atomic E-state index is 14.0. The second-order valence-corrected chi connectivity index (χ2v) is 14.3. The molecule has 2 atom stereocenters. The fourth-order valence-corrected chi connectivity index (χ4v) is 7.93. The van der Waals surface area contributed by atoms with Gasteiger partial charge in [0, 0.05) is 44.2 Å². The molecule has 0 aliphatic carbocycles. The maximum Gasteiger partial charge on any atom is 0.271 e. The van der Waals surface area contributed by atoms with Crippen LogP contribution in [0.25, 0.3) is 0 Å². The summed E-state index contributed by atoms with van der Waals surface area (Å²) < 4.78 is 28.8. The lowest BCUT2D eigenvalue weighted by Crippen LogP contribution is -2.56. The zero-order chi connectivity index (χ0) is 31.4. The average Bonchev–Trinajstić information content (AvgIpc) is 3.62. The fourth-order valence-electron chi connectivity index (χ4n) is 5.74. The molecule has 12 heteroatoms. The molecule has 1 unspecified atom stereocenters. The zero-order valence-electron chi connectivity index (χ0n) is 24.4. The third kappa shape index (κ3) is 7.17. The highest BCUT2D eigenvalue weighted by molar-refractivity contribution is 7.94. The van der Waals surface area contributed by atoms with Gasteiger partial charge in [0.1, 0.15) is 16.3 Å². The number of anilines is 2. The summed E-state index contributed by atoms with van der Waals surface area (Å²) in [6.07, 6.45) is 1.03. The Bertz CT molecular complexity index is 1760. The van der Waals surface area contributed by atoms with Gasteiger partial charge in [-0.05, 0) is 58.8 Å². The van der Waals surface area contributed by atoms with E-state index in [1.165, 1.54) is 0 Å². The number of fused-ring (bicyclic) bond motifs is 1. The van der Waals surface area contributed by atoms with E-state index in [0.717, 1.165) is 40.1 Å². The Kier molecular flexibility index (Phi) is 9.41. The fraction of sp³-hybridized carbons (Fsp3) is 0.242. The van der Waals surface area contributed by atoms with Crippen LogP contribution in [0.5, 0.6) is 0 Å². The molecule has 1 aromatic heterocycles. The number of benzene rings is 3. The van der Waals surface area contributed by atoms with Gasteiger partial charge in [0.05, 0.1) is 11.4 Å². The molecule has 2 amide bonds. The topological polar surface area (TPSA) is 111 Å². The molecule has 2 aliphatic heterocycles. The Labute approximate surface area is 272 Å². The van der Waals surface area contributed by atoms with Gasteiger partial charge < -0.3 is 15.1 Å². The van der Waals surface area contributed by atoms with Crippen molar-refractivity contribution in [3.8, 4) is 0 Å². The summed E-state index contributed by atoms with van der Waals surface area (Å²) in [4.78, 5) is 31.5. The smallest absolute Gasteiger partial charge is 0.271 e. The maximum absolute atomic E-state index is 14.0. The standard InChI is InChI=1S/C33H33ClN5O4S2/c34-25-13-11-23(12-14-25)22-28(36-32(40)31-26-7-2-1-6-24(26)15-16-35-31)33(41)39-19-17-38(18-20-39)29-9-4-3-8-27(29)37-45(42,43)30-10-5-21-44-30/h1-14,16,21,28,31,35,37H,15,17-20,22H2,(H,36,40)/t28-,31?/m1/s1. The third-order valence-electron chi connectivity index (χ3n) is 8.04. The summed E-state index contributed by atoms with van der Waals surface area (Å²) in [5.41, 5.74) is 4.08. The van der Waals surface area contributed by atoms with E-state index in [4.69, 9.17) is 11.6 Å². The van der Waals surface area contributed by atoms with Crippen LogP contribution in [0.4, 0.5) is 11.4 Å². The number of amides is 2.